The Bertz CT molecular complexity index is 817. The molecule has 2 nitrogen and oxygen atoms in total. The smallest absolute Gasteiger partial charge is 0.0998 e. The van der Waals surface area contributed by atoms with Crippen LogP contribution in [0.4, 0.5) is 0 Å². The summed E-state index contributed by atoms with van der Waals surface area (Å²) in [7, 11) is 0. The number of rotatable bonds is 6. The first-order valence-electron chi connectivity index (χ1n) is 8.07. The van der Waals surface area contributed by atoms with E-state index in [4.69, 9.17) is 4.74 Å². The molecule has 0 fully saturated rings. The molecule has 0 radical (unpaired) electrons. The Hall–Kier alpha value is -2.89. The molecule has 0 heterocycles. The van der Waals surface area contributed by atoms with Gasteiger partial charge in [0.2, 0.25) is 0 Å². The maximum atomic E-state index is 9.21. The van der Waals surface area contributed by atoms with Crippen LogP contribution in [0.1, 0.15) is 16.7 Å². The number of nitrogens with zero attached hydrogens (tertiary/aromatic N) is 1. The van der Waals surface area contributed by atoms with Crippen molar-refractivity contribution in [1.82, 2.24) is 0 Å². The summed E-state index contributed by atoms with van der Waals surface area (Å²) in [5.74, 6) is 0. The van der Waals surface area contributed by atoms with Crippen molar-refractivity contribution in [3.8, 4) is 17.2 Å². The van der Waals surface area contributed by atoms with Gasteiger partial charge >= 0.3 is 0 Å². The number of ether oxygens (including phenoxy) is 1. The van der Waals surface area contributed by atoms with Crippen molar-refractivity contribution in [2.75, 3.05) is 6.61 Å². The van der Waals surface area contributed by atoms with Crippen molar-refractivity contribution < 1.29 is 4.74 Å². The fraction of sp³-hybridized carbons (Fsp3) is 0.136. The molecule has 0 aliphatic rings. The van der Waals surface area contributed by atoms with E-state index in [-0.39, 0.29) is 0 Å². The Morgan fingerprint density at radius 2 is 1.46 bits per heavy atom. The van der Waals surface area contributed by atoms with Gasteiger partial charge in [-0.15, -0.1) is 0 Å². The molecule has 24 heavy (non-hydrogen) atoms. The molecule has 0 aliphatic heterocycles. The van der Waals surface area contributed by atoms with Crippen molar-refractivity contribution in [1.29, 1.82) is 5.26 Å². The molecule has 118 valence electrons. The van der Waals surface area contributed by atoms with Gasteiger partial charge in [0.05, 0.1) is 24.8 Å². The van der Waals surface area contributed by atoms with Crippen molar-refractivity contribution >= 4 is 0 Å². The molecule has 3 aromatic rings. The second-order valence-corrected chi connectivity index (χ2v) is 5.64. The van der Waals surface area contributed by atoms with E-state index in [9.17, 15) is 5.26 Å². The van der Waals surface area contributed by atoms with E-state index < -0.39 is 0 Å². The second kappa shape index (κ2) is 8.10. The lowest BCUT2D eigenvalue weighted by Gasteiger charge is -2.07. The lowest BCUT2D eigenvalue weighted by atomic mass is 9.99. The van der Waals surface area contributed by atoms with Crippen molar-refractivity contribution in [2.45, 2.75) is 13.0 Å². The highest BCUT2D eigenvalue weighted by Crippen LogP contribution is 2.23. The molecule has 0 unspecified atom stereocenters. The first kappa shape index (κ1) is 16.0. The van der Waals surface area contributed by atoms with Crippen LogP contribution in [0.3, 0.4) is 0 Å². The van der Waals surface area contributed by atoms with Crippen LogP contribution in [0.15, 0.2) is 78.9 Å². The van der Waals surface area contributed by atoms with E-state index in [1.165, 1.54) is 11.1 Å². The first-order chi connectivity index (χ1) is 11.9. The number of nitriles is 1. The standard InChI is InChI=1S/C22H19NO/c23-16-21-8-4-5-9-22(21)20-12-10-18(11-13-20)14-15-24-17-19-6-2-1-3-7-19/h1-13H,14-15,17H2. The maximum absolute atomic E-state index is 9.21. The molecule has 0 amide bonds. The molecular weight excluding hydrogens is 294 g/mol. The average molecular weight is 313 g/mol. The minimum Gasteiger partial charge on any atom is -0.376 e. The fourth-order valence-corrected chi connectivity index (χ4v) is 2.64. The molecule has 0 saturated heterocycles. The van der Waals surface area contributed by atoms with Gasteiger partial charge in [0.1, 0.15) is 0 Å². The first-order valence-corrected chi connectivity index (χ1v) is 8.07. The minimum absolute atomic E-state index is 0.647. The van der Waals surface area contributed by atoms with E-state index in [1.807, 2.05) is 42.5 Å². The summed E-state index contributed by atoms with van der Waals surface area (Å²) < 4.78 is 5.73. The van der Waals surface area contributed by atoms with E-state index in [0.717, 1.165) is 17.5 Å². The van der Waals surface area contributed by atoms with Crippen LogP contribution in [0.25, 0.3) is 11.1 Å². The van der Waals surface area contributed by atoms with Gasteiger partial charge in [0.15, 0.2) is 0 Å². The van der Waals surface area contributed by atoms with Gasteiger partial charge < -0.3 is 4.74 Å². The van der Waals surface area contributed by atoms with Crippen LogP contribution in [-0.2, 0) is 17.8 Å². The van der Waals surface area contributed by atoms with Gasteiger partial charge in [-0.05, 0) is 34.7 Å². The van der Waals surface area contributed by atoms with E-state index in [1.54, 1.807) is 0 Å². The summed E-state index contributed by atoms with van der Waals surface area (Å²) in [5, 5.41) is 9.21. The van der Waals surface area contributed by atoms with Crippen LogP contribution in [0.2, 0.25) is 0 Å². The molecule has 0 aliphatic carbocycles. The number of hydrogen-bond donors (Lipinski definition) is 0. The normalized spacial score (nSPS) is 10.3. The third kappa shape index (κ3) is 4.10. The largest absolute Gasteiger partial charge is 0.376 e. The van der Waals surface area contributed by atoms with Crippen LogP contribution in [-0.4, -0.2) is 6.61 Å². The predicted molar refractivity (Wildman–Crippen MR) is 96.4 cm³/mol. The van der Waals surface area contributed by atoms with Gasteiger partial charge in [-0.1, -0.05) is 72.8 Å². The zero-order chi connectivity index (χ0) is 16.6. The third-order valence-corrected chi connectivity index (χ3v) is 3.96. The van der Waals surface area contributed by atoms with Crippen LogP contribution in [0, 0.1) is 11.3 Å². The molecular formula is C22H19NO. The summed E-state index contributed by atoms with van der Waals surface area (Å²) in [6.07, 6.45) is 0.882. The van der Waals surface area contributed by atoms with E-state index in [2.05, 4.69) is 42.5 Å². The molecule has 0 saturated carbocycles. The van der Waals surface area contributed by atoms with Crippen molar-refractivity contribution in [3.63, 3.8) is 0 Å². The highest BCUT2D eigenvalue weighted by molar-refractivity contribution is 5.70. The molecule has 2 heteroatoms. The fourth-order valence-electron chi connectivity index (χ4n) is 2.64. The molecule has 0 bridgehead atoms. The summed E-state index contributed by atoms with van der Waals surface area (Å²) in [4.78, 5) is 0. The van der Waals surface area contributed by atoms with Crippen LogP contribution in [0.5, 0.6) is 0 Å². The second-order valence-electron chi connectivity index (χ2n) is 5.64. The molecule has 0 atom stereocenters. The van der Waals surface area contributed by atoms with Gasteiger partial charge in [-0.3, -0.25) is 0 Å². The zero-order valence-electron chi connectivity index (χ0n) is 13.5. The maximum Gasteiger partial charge on any atom is 0.0998 e. The molecule has 0 N–H and O–H groups in total. The monoisotopic (exact) mass is 313 g/mol. The lowest BCUT2D eigenvalue weighted by Crippen LogP contribution is -1.99. The summed E-state index contributed by atoms with van der Waals surface area (Å²) in [6, 6.07) is 28.5. The van der Waals surface area contributed by atoms with Gasteiger partial charge in [0, 0.05) is 0 Å². The molecule has 0 spiro atoms. The Morgan fingerprint density at radius 1 is 0.750 bits per heavy atom. The molecule has 0 aromatic heterocycles. The molecule has 3 aromatic carbocycles. The Balaban J connectivity index is 1.56. The summed E-state index contributed by atoms with van der Waals surface area (Å²) in [6.45, 7) is 1.34. The Morgan fingerprint density at radius 3 is 2.21 bits per heavy atom. The SMILES string of the molecule is N#Cc1ccccc1-c1ccc(CCOCc2ccccc2)cc1. The number of hydrogen-bond acceptors (Lipinski definition) is 2. The lowest BCUT2D eigenvalue weighted by molar-refractivity contribution is 0.124. The quantitative estimate of drug-likeness (QED) is 0.601. The van der Waals surface area contributed by atoms with Gasteiger partial charge in [-0.2, -0.15) is 5.26 Å². The summed E-state index contributed by atoms with van der Waals surface area (Å²) in [5.41, 5.74) is 5.19. The van der Waals surface area contributed by atoms with Crippen LogP contribution < -0.4 is 0 Å². The van der Waals surface area contributed by atoms with E-state index >= 15 is 0 Å². The van der Waals surface area contributed by atoms with Crippen molar-refractivity contribution in [2.24, 2.45) is 0 Å². The van der Waals surface area contributed by atoms with Gasteiger partial charge in [0.25, 0.3) is 0 Å². The summed E-state index contributed by atoms with van der Waals surface area (Å²) >= 11 is 0. The Labute approximate surface area is 143 Å². The van der Waals surface area contributed by atoms with Crippen molar-refractivity contribution in [3.05, 3.63) is 95.6 Å². The van der Waals surface area contributed by atoms with Gasteiger partial charge in [-0.25, -0.2) is 0 Å². The average Bonchev–Trinajstić information content (AvgIpc) is 2.66. The molecule has 3 rings (SSSR count). The predicted octanol–water partition coefficient (Wildman–Crippen LogP) is 4.98. The Kier molecular flexibility index (Phi) is 5.40. The number of benzene rings is 3. The minimum atomic E-state index is 0.647. The highest BCUT2D eigenvalue weighted by Gasteiger charge is 2.04. The van der Waals surface area contributed by atoms with Crippen LogP contribution >= 0.6 is 0 Å². The zero-order valence-corrected chi connectivity index (χ0v) is 13.5. The third-order valence-electron chi connectivity index (χ3n) is 3.96. The topological polar surface area (TPSA) is 33.0 Å². The van der Waals surface area contributed by atoms with E-state index in [0.29, 0.717) is 18.8 Å². The highest BCUT2D eigenvalue weighted by atomic mass is 16.5.